The molecule has 0 aliphatic heterocycles. The van der Waals surface area contributed by atoms with Gasteiger partial charge in [0.1, 0.15) is 0 Å². The van der Waals surface area contributed by atoms with Gasteiger partial charge in [0.2, 0.25) is 17.3 Å². The van der Waals surface area contributed by atoms with E-state index in [2.05, 4.69) is 41.5 Å². The average molecular weight is 728 g/mol. The molecule has 2 atom stereocenters. The van der Waals surface area contributed by atoms with Gasteiger partial charge in [0.05, 0.1) is 13.6 Å². The van der Waals surface area contributed by atoms with Crippen LogP contribution in [0.5, 0.6) is 0 Å². The maximum absolute atomic E-state index is 14.1. The highest BCUT2D eigenvalue weighted by Gasteiger charge is 2.29. The van der Waals surface area contributed by atoms with Crippen molar-refractivity contribution >= 4 is 11.8 Å². The van der Waals surface area contributed by atoms with Crippen LogP contribution < -0.4 is 4.90 Å². The van der Waals surface area contributed by atoms with Crippen LogP contribution in [0.4, 0.5) is 23.2 Å². The molecule has 0 aromatic heterocycles. The van der Waals surface area contributed by atoms with Crippen LogP contribution in [0.15, 0.2) is 0 Å². The van der Waals surface area contributed by atoms with Crippen molar-refractivity contribution in [2.75, 3.05) is 13.6 Å². The predicted octanol–water partition coefficient (Wildman–Crippen LogP) is 15.6. The zero-order valence-electron chi connectivity index (χ0n) is 35.4. The van der Waals surface area contributed by atoms with Crippen molar-refractivity contribution in [3.05, 3.63) is 28.8 Å². The van der Waals surface area contributed by atoms with Gasteiger partial charge in [-0.05, 0) is 19.3 Å². The Morgan fingerprint density at radius 2 is 0.824 bits per heavy atom. The standard InChI is InChI=1S/C28H60B.C17H25F4N/c1-5-9-13-17-21-25-29(26-22-18-14-10-6-2,27-23-19-15-11-7-3)28-24-20-16-12-8-4;1-5-7-8-12(6-2)9-10-22(4)17-14(19)11(3)13(18)15(20)16(17)21/h5-28H2,1-4H3;12H,5-10H2,1-4H3/q-1;/p+1. The van der Waals surface area contributed by atoms with Gasteiger partial charge in [-0.25, -0.2) is 8.78 Å². The number of unbranched alkanes of at least 4 members (excludes halogenated alkanes) is 17. The Labute approximate surface area is 316 Å². The van der Waals surface area contributed by atoms with Crippen molar-refractivity contribution < 1.29 is 22.5 Å². The van der Waals surface area contributed by atoms with Crippen LogP contribution >= 0.6 is 0 Å². The Morgan fingerprint density at radius 3 is 1.18 bits per heavy atom. The average Bonchev–Trinajstić information content (AvgIpc) is 3.13. The lowest BCUT2D eigenvalue weighted by molar-refractivity contribution is -0.813. The summed E-state index contributed by atoms with van der Waals surface area (Å²) < 4.78 is 54.8. The summed E-state index contributed by atoms with van der Waals surface area (Å²) in [6, 6.07) is 0. The highest BCUT2D eigenvalue weighted by Crippen LogP contribution is 2.35. The van der Waals surface area contributed by atoms with E-state index in [1.54, 1.807) is 32.3 Å². The molecule has 1 rings (SSSR count). The van der Waals surface area contributed by atoms with Crippen molar-refractivity contribution in [1.29, 1.82) is 0 Å². The number of halogens is 4. The maximum Gasteiger partial charge on any atom is 0.225 e. The minimum absolute atomic E-state index is 0.0861. The number of benzene rings is 1. The smallest absolute Gasteiger partial charge is 0.225 e. The van der Waals surface area contributed by atoms with Crippen LogP contribution in [0.2, 0.25) is 25.3 Å². The SMILES string of the molecule is CCCCC(CC)CC[NH+](C)c1c(F)c(C)c(F)c(F)c1F.CCCCCCC[B-](CCCCCCC)(CCCCCCC)CCCCCCC. The fourth-order valence-electron chi connectivity index (χ4n) is 8.31. The number of hydrogen-bond acceptors (Lipinski definition) is 0. The van der Waals surface area contributed by atoms with Crippen LogP contribution in [0.25, 0.3) is 0 Å². The van der Waals surface area contributed by atoms with E-state index in [4.69, 9.17) is 0 Å². The third-order valence-electron chi connectivity index (χ3n) is 12.1. The van der Waals surface area contributed by atoms with Gasteiger partial charge >= 0.3 is 0 Å². The molecular weight excluding hydrogens is 641 g/mol. The molecule has 0 spiro atoms. The second kappa shape index (κ2) is 32.4. The van der Waals surface area contributed by atoms with Crippen molar-refractivity contribution in [3.63, 3.8) is 0 Å². The van der Waals surface area contributed by atoms with E-state index in [1.165, 1.54) is 128 Å². The van der Waals surface area contributed by atoms with E-state index in [-0.39, 0.29) is 6.15 Å². The minimum Gasteiger partial charge on any atom is -0.300 e. The molecule has 1 aromatic rings. The first-order valence-corrected chi connectivity index (χ1v) is 22.5. The maximum atomic E-state index is 14.1. The van der Waals surface area contributed by atoms with E-state index >= 15 is 0 Å². The molecule has 1 nitrogen and oxygen atoms in total. The molecule has 0 radical (unpaired) electrons. The van der Waals surface area contributed by atoms with Crippen molar-refractivity contribution in [2.45, 2.75) is 234 Å². The van der Waals surface area contributed by atoms with E-state index in [1.807, 2.05) is 0 Å². The molecule has 0 bridgehead atoms. The monoisotopic (exact) mass is 728 g/mol. The van der Waals surface area contributed by atoms with Gasteiger partial charge < -0.3 is 0 Å². The quantitative estimate of drug-likeness (QED) is 0.0248. The molecule has 1 aromatic carbocycles. The van der Waals surface area contributed by atoms with Gasteiger partial charge in [0.25, 0.3) is 0 Å². The summed E-state index contributed by atoms with van der Waals surface area (Å²) in [7, 11) is 1.59. The number of nitrogens with one attached hydrogen (secondary N) is 1. The van der Waals surface area contributed by atoms with Crippen LogP contribution in [0, 0.1) is 36.1 Å². The fraction of sp³-hybridized carbons (Fsp3) is 0.867. The van der Waals surface area contributed by atoms with Gasteiger partial charge in [-0.2, -0.15) is 34.1 Å². The molecule has 302 valence electrons. The van der Waals surface area contributed by atoms with Crippen molar-refractivity contribution in [1.82, 2.24) is 0 Å². The summed E-state index contributed by atoms with van der Waals surface area (Å²) in [6.45, 7) is 15.2. The van der Waals surface area contributed by atoms with Gasteiger partial charge in [0, 0.05) is 11.7 Å². The number of hydrogen-bond donors (Lipinski definition) is 1. The number of rotatable bonds is 32. The van der Waals surface area contributed by atoms with Crippen molar-refractivity contribution in [2.24, 2.45) is 5.92 Å². The molecule has 2 unspecified atom stereocenters. The van der Waals surface area contributed by atoms with Crippen molar-refractivity contribution in [3.8, 4) is 0 Å². The summed E-state index contributed by atoms with van der Waals surface area (Å²) in [4.78, 5) is 0.437. The first-order chi connectivity index (χ1) is 24.6. The van der Waals surface area contributed by atoms with Crippen LogP contribution in [0.3, 0.4) is 0 Å². The molecule has 6 heteroatoms. The third-order valence-corrected chi connectivity index (χ3v) is 12.1. The first-order valence-electron chi connectivity index (χ1n) is 22.5. The Bertz CT molecular complexity index is 864. The lowest BCUT2D eigenvalue weighted by Gasteiger charge is -2.41. The molecule has 1 N–H and O–H groups in total. The van der Waals surface area contributed by atoms with Gasteiger partial charge in [-0.1, -0.05) is 196 Å². The van der Waals surface area contributed by atoms with E-state index in [0.717, 1.165) is 39.0 Å². The Balaban J connectivity index is 0.00000102. The highest BCUT2D eigenvalue weighted by atomic mass is 19.2. The molecule has 0 saturated heterocycles. The van der Waals surface area contributed by atoms with E-state index in [9.17, 15) is 17.6 Å². The largest absolute Gasteiger partial charge is 0.300 e. The molecule has 0 aliphatic rings. The summed E-state index contributed by atoms with van der Waals surface area (Å²) in [5.41, 5.74) is -0.868. The minimum atomic E-state index is -1.59. The van der Waals surface area contributed by atoms with E-state index in [0.29, 0.717) is 17.4 Å². The zero-order chi connectivity index (χ0) is 38.3. The fourth-order valence-corrected chi connectivity index (χ4v) is 8.31. The Hall–Kier alpha value is -1.04. The van der Waals surface area contributed by atoms with Gasteiger partial charge in [-0.3, -0.25) is 4.90 Å². The van der Waals surface area contributed by atoms with Crippen LogP contribution in [-0.4, -0.2) is 19.7 Å². The second-order valence-electron chi connectivity index (χ2n) is 16.5. The first kappa shape index (κ1) is 50.0. The second-order valence-corrected chi connectivity index (χ2v) is 16.5. The molecule has 0 saturated carbocycles. The van der Waals surface area contributed by atoms with Gasteiger partial charge in [-0.15, -0.1) is 0 Å². The topological polar surface area (TPSA) is 4.44 Å². The van der Waals surface area contributed by atoms with Crippen LogP contribution in [0.1, 0.15) is 208 Å². The summed E-state index contributed by atoms with van der Waals surface area (Å²) in [5, 5.41) is 0. The molecule has 0 amide bonds. The zero-order valence-corrected chi connectivity index (χ0v) is 35.4. The lowest BCUT2D eigenvalue weighted by atomic mass is 9.17. The Kier molecular flexibility index (Phi) is 31.7. The molecule has 0 aliphatic carbocycles. The molecule has 51 heavy (non-hydrogen) atoms. The molecular formula is C45H86BF4N. The molecule has 0 fully saturated rings. The van der Waals surface area contributed by atoms with Gasteiger partial charge in [0.15, 0.2) is 11.6 Å². The Morgan fingerprint density at radius 1 is 0.451 bits per heavy atom. The normalized spacial score (nSPS) is 12.9. The highest BCUT2D eigenvalue weighted by molar-refractivity contribution is 6.79. The van der Waals surface area contributed by atoms with Crippen LogP contribution in [-0.2, 0) is 0 Å². The third kappa shape index (κ3) is 22.1. The van der Waals surface area contributed by atoms with E-state index < -0.39 is 34.5 Å². The summed E-state index contributed by atoms with van der Waals surface area (Å²) in [6.07, 6.45) is 40.8. The predicted molar refractivity (Wildman–Crippen MR) is 220 cm³/mol. The number of quaternary nitrogens is 1. The summed E-state index contributed by atoms with van der Waals surface area (Å²) >= 11 is 0. The summed E-state index contributed by atoms with van der Waals surface area (Å²) in [5.74, 6) is -4.95. The molecule has 0 heterocycles. The lowest BCUT2D eigenvalue weighted by Crippen LogP contribution is -3.04.